The van der Waals surface area contributed by atoms with Crippen LogP contribution in [-0.4, -0.2) is 20.2 Å². The van der Waals surface area contributed by atoms with Crippen molar-refractivity contribution >= 4 is 14.1 Å². The second-order valence-electron chi connectivity index (χ2n) is 12.3. The van der Waals surface area contributed by atoms with Gasteiger partial charge in [0.1, 0.15) is 0 Å². The zero-order valence-electron chi connectivity index (χ0n) is 19.3. The van der Waals surface area contributed by atoms with Gasteiger partial charge < -0.3 is 4.43 Å². The Morgan fingerprint density at radius 1 is 1.11 bits per heavy atom. The fourth-order valence-electron chi connectivity index (χ4n) is 7.03. The number of carbonyl (C=O) groups excluding carboxylic acids is 1. The smallest absolute Gasteiger partial charge is 0.192 e. The molecule has 0 radical (unpaired) electrons. The van der Waals surface area contributed by atoms with Crippen molar-refractivity contribution in [3.8, 4) is 0 Å². The molecule has 3 saturated carbocycles. The fraction of sp³-hybridized carbons (Fsp3) is 0.880. The Hall–Kier alpha value is -0.413. The summed E-state index contributed by atoms with van der Waals surface area (Å²) in [6, 6.07) is 0. The van der Waals surface area contributed by atoms with E-state index in [1.807, 2.05) is 6.08 Å². The van der Waals surface area contributed by atoms with Gasteiger partial charge in [0, 0.05) is 5.92 Å². The summed E-state index contributed by atoms with van der Waals surface area (Å²) < 4.78 is 7.04. The molecule has 7 atom stereocenters. The Kier molecular flexibility index (Phi) is 5.06. The van der Waals surface area contributed by atoms with Gasteiger partial charge in [-0.05, 0) is 98.2 Å². The van der Waals surface area contributed by atoms with E-state index in [9.17, 15) is 4.79 Å². The van der Waals surface area contributed by atoms with Gasteiger partial charge in [-0.2, -0.15) is 0 Å². The largest absolute Gasteiger partial charge is 0.413 e. The highest BCUT2D eigenvalue weighted by atomic mass is 28.4. The molecule has 4 rings (SSSR count). The zero-order valence-corrected chi connectivity index (χ0v) is 20.3. The number of fused-ring (bicyclic) bond motifs is 5. The minimum absolute atomic E-state index is 0.235. The summed E-state index contributed by atoms with van der Waals surface area (Å²) >= 11 is 0. The van der Waals surface area contributed by atoms with Gasteiger partial charge in [0.15, 0.2) is 14.1 Å². The quantitative estimate of drug-likeness (QED) is 0.477. The minimum atomic E-state index is -1.73. The van der Waals surface area contributed by atoms with Crippen molar-refractivity contribution in [1.82, 2.24) is 0 Å². The molecule has 3 fully saturated rings. The molecule has 158 valence electrons. The Morgan fingerprint density at radius 2 is 1.82 bits per heavy atom. The first-order valence-electron chi connectivity index (χ1n) is 11.9. The Morgan fingerprint density at radius 3 is 2.50 bits per heavy atom. The molecule has 28 heavy (non-hydrogen) atoms. The number of ketones is 1. The van der Waals surface area contributed by atoms with Crippen molar-refractivity contribution < 1.29 is 9.22 Å². The van der Waals surface area contributed by atoms with Gasteiger partial charge in [-0.25, -0.2) is 0 Å². The van der Waals surface area contributed by atoms with Crippen molar-refractivity contribution in [3.05, 3.63) is 11.6 Å². The number of carbonyl (C=O) groups is 1. The summed E-state index contributed by atoms with van der Waals surface area (Å²) in [4.78, 5) is 12.2. The molecule has 4 aliphatic carbocycles. The minimum Gasteiger partial charge on any atom is -0.413 e. The van der Waals surface area contributed by atoms with E-state index in [4.69, 9.17) is 4.43 Å². The van der Waals surface area contributed by atoms with Gasteiger partial charge in [-0.1, -0.05) is 40.2 Å². The molecule has 2 unspecified atom stereocenters. The average molecular weight is 403 g/mol. The molecular weight excluding hydrogens is 360 g/mol. The van der Waals surface area contributed by atoms with Crippen molar-refractivity contribution in [2.75, 3.05) is 0 Å². The van der Waals surface area contributed by atoms with E-state index in [0.29, 0.717) is 23.2 Å². The maximum absolute atomic E-state index is 12.2. The van der Waals surface area contributed by atoms with E-state index in [-0.39, 0.29) is 11.0 Å². The molecule has 0 aromatic carbocycles. The van der Waals surface area contributed by atoms with Crippen molar-refractivity contribution in [2.24, 2.45) is 35.0 Å². The Bertz CT molecular complexity index is 673. The fourth-order valence-corrected chi connectivity index (χ4v) is 8.48. The third-order valence-electron chi connectivity index (χ3n) is 9.83. The Balaban J connectivity index is 1.54. The monoisotopic (exact) mass is 402 g/mol. The molecule has 0 spiro atoms. The predicted molar refractivity (Wildman–Crippen MR) is 119 cm³/mol. The molecular formula is C25H42O2Si. The lowest BCUT2D eigenvalue weighted by Crippen LogP contribution is -2.52. The SMILES string of the molecule is CC1C[C@H]2C(=CC1=O)CC[C@@H]1[C@@H]2CC[C@]2(C)C(O[Si](C)(C)C(C)(C)C)CC[C@@H]12. The van der Waals surface area contributed by atoms with Crippen LogP contribution in [0, 0.1) is 35.0 Å². The van der Waals surface area contributed by atoms with Crippen molar-refractivity contribution in [2.45, 2.75) is 104 Å². The van der Waals surface area contributed by atoms with Crippen LogP contribution in [0.1, 0.15) is 79.6 Å². The molecule has 0 aliphatic heterocycles. The van der Waals surface area contributed by atoms with Crippen LogP contribution in [0.4, 0.5) is 0 Å². The maximum Gasteiger partial charge on any atom is 0.192 e. The normalized spacial score (nSPS) is 43.8. The highest BCUT2D eigenvalue weighted by molar-refractivity contribution is 6.74. The molecule has 0 aromatic rings. The van der Waals surface area contributed by atoms with E-state index in [2.05, 4.69) is 47.7 Å². The first-order valence-corrected chi connectivity index (χ1v) is 14.8. The van der Waals surface area contributed by atoms with Gasteiger partial charge in [0.05, 0.1) is 6.10 Å². The third-order valence-corrected chi connectivity index (χ3v) is 14.3. The van der Waals surface area contributed by atoms with Crippen LogP contribution in [-0.2, 0) is 9.22 Å². The van der Waals surface area contributed by atoms with Crippen LogP contribution in [0.2, 0.25) is 18.1 Å². The van der Waals surface area contributed by atoms with Gasteiger partial charge in [0.2, 0.25) is 0 Å². The van der Waals surface area contributed by atoms with Crippen LogP contribution in [0.25, 0.3) is 0 Å². The van der Waals surface area contributed by atoms with Gasteiger partial charge in [-0.15, -0.1) is 0 Å². The molecule has 0 bridgehead atoms. The molecule has 2 nitrogen and oxygen atoms in total. The number of hydrogen-bond acceptors (Lipinski definition) is 2. The molecule has 4 aliphatic rings. The summed E-state index contributed by atoms with van der Waals surface area (Å²) in [6.07, 6.45) is 11.4. The van der Waals surface area contributed by atoms with E-state index in [0.717, 1.165) is 24.2 Å². The van der Waals surface area contributed by atoms with Crippen LogP contribution >= 0.6 is 0 Å². The van der Waals surface area contributed by atoms with E-state index in [1.54, 1.807) is 0 Å². The van der Waals surface area contributed by atoms with Gasteiger partial charge in [-0.3, -0.25) is 4.79 Å². The van der Waals surface area contributed by atoms with Gasteiger partial charge >= 0.3 is 0 Å². The van der Waals surface area contributed by atoms with Gasteiger partial charge in [0.25, 0.3) is 0 Å². The van der Waals surface area contributed by atoms with Crippen LogP contribution in [0.15, 0.2) is 11.6 Å². The molecule has 0 aromatic heterocycles. The number of hydrogen-bond donors (Lipinski definition) is 0. The average Bonchev–Trinajstić information content (AvgIpc) is 2.91. The number of rotatable bonds is 2. The van der Waals surface area contributed by atoms with Crippen molar-refractivity contribution in [1.29, 1.82) is 0 Å². The summed E-state index contributed by atoms with van der Waals surface area (Å²) in [6.45, 7) is 16.7. The lowest BCUT2D eigenvalue weighted by Gasteiger charge is -2.55. The molecule has 0 amide bonds. The van der Waals surface area contributed by atoms with E-state index in [1.165, 1.54) is 44.1 Å². The van der Waals surface area contributed by atoms with Crippen molar-refractivity contribution in [3.63, 3.8) is 0 Å². The van der Waals surface area contributed by atoms with E-state index >= 15 is 0 Å². The first-order chi connectivity index (χ1) is 12.9. The molecule has 0 N–H and O–H groups in total. The second-order valence-corrected chi connectivity index (χ2v) is 17.1. The topological polar surface area (TPSA) is 26.3 Å². The maximum atomic E-state index is 12.2. The Labute approximate surface area is 174 Å². The summed E-state index contributed by atoms with van der Waals surface area (Å²) in [7, 11) is -1.73. The van der Waals surface area contributed by atoms with Crippen LogP contribution < -0.4 is 0 Å². The third kappa shape index (κ3) is 3.19. The summed E-state index contributed by atoms with van der Waals surface area (Å²) in [5.41, 5.74) is 1.87. The molecule has 0 saturated heterocycles. The first kappa shape index (κ1) is 20.8. The molecule has 3 heteroatoms. The zero-order chi connectivity index (χ0) is 20.5. The highest BCUT2D eigenvalue weighted by Gasteiger charge is 2.58. The lowest BCUT2D eigenvalue weighted by atomic mass is 9.51. The van der Waals surface area contributed by atoms with Crippen LogP contribution in [0.3, 0.4) is 0 Å². The second kappa shape index (κ2) is 6.80. The van der Waals surface area contributed by atoms with E-state index < -0.39 is 8.32 Å². The van der Waals surface area contributed by atoms with Crippen LogP contribution in [0.5, 0.6) is 0 Å². The standard InChI is InChI=1S/C25H42O2Si/c1-16-14-20-17(15-22(16)26)8-9-19-18(20)12-13-25(5)21(19)10-11-23(25)27-28(6,7)24(2,3)4/h15-16,18-21,23H,8-14H2,1-7H3/t16?,18-,19+,20-,21-,23?,25-/m0/s1. The molecule has 0 heterocycles. The predicted octanol–water partition coefficient (Wildman–Crippen LogP) is 6.76. The summed E-state index contributed by atoms with van der Waals surface area (Å²) in [5.74, 6) is 3.81. The number of allylic oxidation sites excluding steroid dienone is 1. The lowest BCUT2D eigenvalue weighted by molar-refractivity contribution is -0.119. The highest BCUT2D eigenvalue weighted by Crippen LogP contribution is 2.63. The summed E-state index contributed by atoms with van der Waals surface area (Å²) in [5, 5.41) is 0.286.